The van der Waals surface area contributed by atoms with Crippen LogP contribution < -0.4 is 10.6 Å². The van der Waals surface area contributed by atoms with Gasteiger partial charge in [-0.2, -0.15) is 26.3 Å². The summed E-state index contributed by atoms with van der Waals surface area (Å²) in [7, 11) is -1.84. The van der Waals surface area contributed by atoms with Gasteiger partial charge < -0.3 is 10.6 Å². The van der Waals surface area contributed by atoms with Crippen LogP contribution in [0.25, 0.3) is 0 Å². The SMILES string of the molecule is O=C(NCCC[Si]1(CCCNC(=O)C(F)(F)F)CC=CC1)C(F)(F)F. The average molecular weight is 390 g/mol. The zero-order valence-electron chi connectivity index (χ0n) is 13.4. The molecule has 0 radical (unpaired) electrons. The Morgan fingerprint density at radius 1 is 0.800 bits per heavy atom. The summed E-state index contributed by atoms with van der Waals surface area (Å²) in [6, 6.07) is 2.97. The lowest BCUT2D eigenvalue weighted by Gasteiger charge is -2.27. The van der Waals surface area contributed by atoms with Crippen molar-refractivity contribution in [3.05, 3.63) is 12.2 Å². The van der Waals surface area contributed by atoms with Crippen LogP contribution >= 0.6 is 0 Å². The summed E-state index contributed by atoms with van der Waals surface area (Å²) in [6.45, 7) is -0.171. The van der Waals surface area contributed by atoms with E-state index < -0.39 is 32.2 Å². The predicted octanol–water partition coefficient (Wildman–Crippen LogP) is 3.14. The number of amides is 2. The molecule has 0 spiro atoms. The Balaban J connectivity index is 2.32. The molecule has 1 rings (SSSR count). The van der Waals surface area contributed by atoms with Gasteiger partial charge in [-0.05, 0) is 24.9 Å². The molecule has 0 saturated carbocycles. The third-order valence-electron chi connectivity index (χ3n) is 4.12. The Morgan fingerprint density at radius 2 is 1.16 bits per heavy atom. The van der Waals surface area contributed by atoms with Crippen LogP contribution in [0.15, 0.2) is 12.2 Å². The largest absolute Gasteiger partial charge is 0.471 e. The molecule has 2 amide bonds. The van der Waals surface area contributed by atoms with Crippen molar-refractivity contribution in [2.75, 3.05) is 13.1 Å². The average Bonchev–Trinajstić information content (AvgIpc) is 2.95. The number of allylic oxidation sites excluding steroid dienone is 2. The Bertz CT molecular complexity index is 461. The lowest BCUT2D eigenvalue weighted by Crippen LogP contribution is -2.39. The lowest BCUT2D eigenvalue weighted by atomic mass is 10.4. The van der Waals surface area contributed by atoms with Crippen LogP contribution in [0, 0.1) is 0 Å². The van der Waals surface area contributed by atoms with E-state index in [0.29, 0.717) is 24.9 Å². The molecule has 2 N–H and O–H groups in total. The monoisotopic (exact) mass is 390 g/mol. The fourth-order valence-electron chi connectivity index (χ4n) is 2.81. The first-order valence-corrected chi connectivity index (χ1v) is 10.6. The van der Waals surface area contributed by atoms with Gasteiger partial charge in [0.1, 0.15) is 0 Å². The fraction of sp³-hybridized carbons (Fsp3) is 0.714. The number of rotatable bonds is 8. The van der Waals surface area contributed by atoms with Crippen LogP contribution in [0.5, 0.6) is 0 Å². The first-order valence-electron chi connectivity index (χ1n) is 7.81. The fourth-order valence-corrected chi connectivity index (χ4v) is 7.23. The lowest BCUT2D eigenvalue weighted by molar-refractivity contribution is -0.173. The zero-order valence-corrected chi connectivity index (χ0v) is 14.4. The van der Waals surface area contributed by atoms with Gasteiger partial charge in [0.25, 0.3) is 0 Å². The van der Waals surface area contributed by atoms with Gasteiger partial charge in [0.15, 0.2) is 0 Å². The molecule has 0 atom stereocenters. The van der Waals surface area contributed by atoms with E-state index in [2.05, 4.69) is 0 Å². The summed E-state index contributed by atoms with van der Waals surface area (Å²) in [6.07, 6.45) is -5.06. The molecule has 0 bridgehead atoms. The van der Waals surface area contributed by atoms with E-state index in [4.69, 9.17) is 0 Å². The molecule has 4 nitrogen and oxygen atoms in total. The highest BCUT2D eigenvalue weighted by Gasteiger charge is 2.39. The highest BCUT2D eigenvalue weighted by Crippen LogP contribution is 2.34. The molecule has 0 unspecified atom stereocenters. The number of halogens is 6. The van der Waals surface area contributed by atoms with Gasteiger partial charge in [-0.25, -0.2) is 0 Å². The molecule has 0 aromatic carbocycles. The molecule has 144 valence electrons. The number of carbonyl (C=O) groups excluding carboxylic acids is 2. The zero-order chi connectivity index (χ0) is 19.1. The topological polar surface area (TPSA) is 58.2 Å². The number of hydrogen-bond donors (Lipinski definition) is 2. The van der Waals surface area contributed by atoms with Gasteiger partial charge in [0.2, 0.25) is 0 Å². The summed E-state index contributed by atoms with van der Waals surface area (Å²) in [5.74, 6) is -3.94. The Hall–Kier alpha value is -1.52. The molecular formula is C14H20F6N2O2Si. The molecule has 0 fully saturated rings. The molecule has 1 aliphatic heterocycles. The maximum Gasteiger partial charge on any atom is 0.471 e. The Kier molecular flexibility index (Phi) is 7.51. The second-order valence-electron chi connectivity index (χ2n) is 6.09. The highest BCUT2D eigenvalue weighted by molar-refractivity contribution is 6.81. The first-order chi connectivity index (χ1) is 11.5. The number of nitrogens with one attached hydrogen (secondary N) is 2. The van der Waals surface area contributed by atoms with Crippen LogP contribution in [0.2, 0.25) is 24.2 Å². The van der Waals surface area contributed by atoms with Gasteiger partial charge in [-0.3, -0.25) is 9.59 Å². The second-order valence-corrected chi connectivity index (χ2v) is 10.9. The van der Waals surface area contributed by atoms with E-state index in [1.165, 1.54) is 0 Å². The molecule has 11 heteroatoms. The maximum absolute atomic E-state index is 12.1. The quantitative estimate of drug-likeness (QED) is 0.290. The minimum Gasteiger partial charge on any atom is -0.348 e. The van der Waals surface area contributed by atoms with E-state index in [1.807, 2.05) is 22.8 Å². The van der Waals surface area contributed by atoms with Gasteiger partial charge in [0, 0.05) is 13.1 Å². The predicted molar refractivity (Wildman–Crippen MR) is 81.5 cm³/mol. The van der Waals surface area contributed by atoms with E-state index >= 15 is 0 Å². The minimum atomic E-state index is -4.90. The number of alkyl halides is 6. The minimum absolute atomic E-state index is 0.0854. The van der Waals surface area contributed by atoms with Crippen LogP contribution in [0.3, 0.4) is 0 Å². The van der Waals surface area contributed by atoms with Crippen molar-refractivity contribution >= 4 is 19.9 Å². The van der Waals surface area contributed by atoms with E-state index in [0.717, 1.165) is 12.1 Å². The van der Waals surface area contributed by atoms with Crippen LogP contribution in [-0.4, -0.2) is 45.3 Å². The Labute approximate surface area is 142 Å². The molecule has 0 aromatic rings. The molecular weight excluding hydrogens is 370 g/mol. The maximum atomic E-state index is 12.1. The van der Waals surface area contributed by atoms with E-state index in [9.17, 15) is 35.9 Å². The molecule has 0 saturated heterocycles. The van der Waals surface area contributed by atoms with Gasteiger partial charge in [0.05, 0.1) is 8.07 Å². The molecule has 1 heterocycles. The van der Waals surface area contributed by atoms with Crippen molar-refractivity contribution in [1.29, 1.82) is 0 Å². The summed E-state index contributed by atoms with van der Waals surface area (Å²) in [5.41, 5.74) is 0. The first kappa shape index (κ1) is 21.5. The highest BCUT2D eigenvalue weighted by atomic mass is 28.3. The standard InChI is InChI=1S/C14H20F6N2O2Si/c15-13(16,17)11(23)21-5-3-9-25(7-1-2-8-25)10-4-6-22-12(24)14(18,19)20/h1-2H,3-10H2,(H,21,23)(H,22,24). The second kappa shape index (κ2) is 8.72. The van der Waals surface area contributed by atoms with Crippen LogP contribution in [0.1, 0.15) is 12.8 Å². The van der Waals surface area contributed by atoms with Crippen molar-refractivity contribution in [2.45, 2.75) is 49.4 Å². The third kappa shape index (κ3) is 7.49. The third-order valence-corrected chi connectivity index (χ3v) is 9.15. The molecule has 25 heavy (non-hydrogen) atoms. The Morgan fingerprint density at radius 3 is 1.48 bits per heavy atom. The van der Waals surface area contributed by atoms with Crippen molar-refractivity contribution in [1.82, 2.24) is 10.6 Å². The van der Waals surface area contributed by atoms with Crippen molar-refractivity contribution in [3.63, 3.8) is 0 Å². The van der Waals surface area contributed by atoms with Crippen molar-refractivity contribution in [2.24, 2.45) is 0 Å². The molecule has 1 aliphatic rings. The van der Waals surface area contributed by atoms with Gasteiger partial charge in [-0.15, -0.1) is 0 Å². The summed E-state index contributed by atoms with van der Waals surface area (Å²) >= 11 is 0. The summed E-state index contributed by atoms with van der Waals surface area (Å²) in [5, 5.41) is 3.64. The summed E-state index contributed by atoms with van der Waals surface area (Å²) in [4.78, 5) is 21.5. The van der Waals surface area contributed by atoms with Crippen LogP contribution in [-0.2, 0) is 9.59 Å². The van der Waals surface area contributed by atoms with E-state index in [1.54, 1.807) is 0 Å². The normalized spacial score (nSPS) is 16.7. The smallest absolute Gasteiger partial charge is 0.348 e. The van der Waals surface area contributed by atoms with E-state index in [-0.39, 0.29) is 13.1 Å². The van der Waals surface area contributed by atoms with Crippen LogP contribution in [0.4, 0.5) is 26.3 Å². The van der Waals surface area contributed by atoms with Crippen molar-refractivity contribution in [3.8, 4) is 0 Å². The number of carbonyl (C=O) groups is 2. The molecule has 0 aliphatic carbocycles. The van der Waals surface area contributed by atoms with Gasteiger partial charge >= 0.3 is 24.2 Å². The molecule has 0 aromatic heterocycles. The summed E-state index contributed by atoms with van der Waals surface area (Å²) < 4.78 is 72.5. The van der Waals surface area contributed by atoms with Gasteiger partial charge in [-0.1, -0.05) is 24.2 Å². The number of hydrogen-bond acceptors (Lipinski definition) is 2. The van der Waals surface area contributed by atoms with Crippen molar-refractivity contribution < 1.29 is 35.9 Å².